The first-order chi connectivity index (χ1) is 11.0. The fourth-order valence-corrected chi connectivity index (χ4v) is 3.72. The van der Waals surface area contributed by atoms with Gasteiger partial charge in [-0.1, -0.05) is 19.8 Å². The Bertz CT molecular complexity index is 498. The third kappa shape index (κ3) is 5.10. The van der Waals surface area contributed by atoms with Crippen molar-refractivity contribution in [3.63, 3.8) is 0 Å². The molecule has 0 bridgehead atoms. The van der Waals surface area contributed by atoms with Crippen molar-refractivity contribution in [2.24, 2.45) is 5.92 Å². The molecule has 0 spiro atoms. The van der Waals surface area contributed by atoms with Crippen molar-refractivity contribution in [3.8, 4) is 0 Å². The second kappa shape index (κ2) is 8.53. The van der Waals surface area contributed by atoms with Crippen molar-refractivity contribution < 1.29 is 0 Å². The lowest BCUT2D eigenvalue weighted by Crippen LogP contribution is -2.43. The van der Waals surface area contributed by atoms with E-state index in [1.807, 2.05) is 0 Å². The van der Waals surface area contributed by atoms with Gasteiger partial charge < -0.3 is 15.5 Å². The van der Waals surface area contributed by atoms with Crippen LogP contribution in [0.2, 0.25) is 0 Å². The molecule has 0 aromatic heterocycles. The molecule has 4 heteroatoms. The highest BCUT2D eigenvalue weighted by Crippen LogP contribution is 2.24. The molecule has 2 rings (SSSR count). The summed E-state index contributed by atoms with van der Waals surface area (Å²) < 4.78 is 0. The minimum absolute atomic E-state index is 0.509. The quantitative estimate of drug-likeness (QED) is 0.758. The van der Waals surface area contributed by atoms with Crippen LogP contribution < -0.4 is 15.5 Å². The second-order valence-electron chi connectivity index (χ2n) is 6.89. The van der Waals surface area contributed by atoms with E-state index in [2.05, 4.69) is 67.5 Å². The smallest absolute Gasteiger partial charge is 0.171 e. The molecule has 0 saturated heterocycles. The summed E-state index contributed by atoms with van der Waals surface area (Å²) in [4.78, 5) is 2.38. The number of nitrogens with one attached hydrogen (secondary N) is 2. The molecule has 0 amide bonds. The predicted octanol–water partition coefficient (Wildman–Crippen LogP) is 4.79. The van der Waals surface area contributed by atoms with Gasteiger partial charge in [0.05, 0.1) is 0 Å². The van der Waals surface area contributed by atoms with E-state index in [4.69, 9.17) is 12.2 Å². The van der Waals surface area contributed by atoms with Gasteiger partial charge in [0.1, 0.15) is 0 Å². The Labute approximate surface area is 146 Å². The fourth-order valence-electron chi connectivity index (χ4n) is 3.45. The number of rotatable bonds is 5. The fraction of sp³-hybridized carbons (Fsp3) is 0.632. The van der Waals surface area contributed by atoms with Gasteiger partial charge in [0.25, 0.3) is 0 Å². The molecule has 1 aromatic rings. The van der Waals surface area contributed by atoms with E-state index in [-0.39, 0.29) is 0 Å². The van der Waals surface area contributed by atoms with Gasteiger partial charge in [-0.05, 0) is 76.0 Å². The predicted molar refractivity (Wildman–Crippen MR) is 105 cm³/mol. The first-order valence-corrected chi connectivity index (χ1v) is 9.36. The Morgan fingerprint density at radius 1 is 1.22 bits per heavy atom. The van der Waals surface area contributed by atoms with Crippen molar-refractivity contribution in [2.45, 2.75) is 65.5 Å². The third-order valence-electron chi connectivity index (χ3n) is 4.85. The molecule has 1 aromatic carbocycles. The molecule has 2 atom stereocenters. The molecule has 0 radical (unpaired) electrons. The van der Waals surface area contributed by atoms with Gasteiger partial charge in [-0.3, -0.25) is 0 Å². The maximum Gasteiger partial charge on any atom is 0.171 e. The van der Waals surface area contributed by atoms with E-state index in [0.29, 0.717) is 18.0 Å². The molecule has 1 aliphatic rings. The standard InChI is InChI=1S/C19H31N3S/c1-5-22(14(2)3)17-12-10-16(11-13-17)20-19(23)21-18-9-7-6-8-15(18)4/h10-15,18H,5-9H2,1-4H3,(H2,20,21,23)/t15-,18+/m0/s1. The number of nitrogens with zero attached hydrogens (tertiary/aromatic N) is 1. The monoisotopic (exact) mass is 333 g/mol. The molecule has 1 saturated carbocycles. The zero-order chi connectivity index (χ0) is 16.8. The normalized spacial score (nSPS) is 21.1. The van der Waals surface area contributed by atoms with Crippen LogP contribution in [0.15, 0.2) is 24.3 Å². The molecular formula is C19H31N3S. The van der Waals surface area contributed by atoms with Crippen LogP contribution in [0.5, 0.6) is 0 Å². The SMILES string of the molecule is CCN(c1ccc(NC(=S)N[C@@H]2CCCC[C@@H]2C)cc1)C(C)C. The van der Waals surface area contributed by atoms with Crippen molar-refractivity contribution >= 4 is 28.7 Å². The number of hydrogen-bond donors (Lipinski definition) is 2. The van der Waals surface area contributed by atoms with Crippen LogP contribution in [0.3, 0.4) is 0 Å². The summed E-state index contributed by atoms with van der Waals surface area (Å²) in [5.41, 5.74) is 2.31. The van der Waals surface area contributed by atoms with Crippen LogP contribution in [-0.2, 0) is 0 Å². The molecule has 2 N–H and O–H groups in total. The average Bonchev–Trinajstić information content (AvgIpc) is 2.51. The lowest BCUT2D eigenvalue weighted by atomic mass is 9.86. The average molecular weight is 334 g/mol. The second-order valence-corrected chi connectivity index (χ2v) is 7.30. The Morgan fingerprint density at radius 3 is 2.43 bits per heavy atom. The van der Waals surface area contributed by atoms with Crippen LogP contribution in [0.1, 0.15) is 53.4 Å². The summed E-state index contributed by atoms with van der Waals surface area (Å²) in [7, 11) is 0. The van der Waals surface area contributed by atoms with E-state index in [0.717, 1.165) is 17.3 Å². The molecular weight excluding hydrogens is 302 g/mol. The first-order valence-electron chi connectivity index (χ1n) is 8.95. The van der Waals surface area contributed by atoms with E-state index in [1.54, 1.807) is 0 Å². The lowest BCUT2D eigenvalue weighted by Gasteiger charge is -2.30. The number of anilines is 2. The summed E-state index contributed by atoms with van der Waals surface area (Å²) in [6.45, 7) is 9.97. The number of thiocarbonyl (C=S) groups is 1. The molecule has 0 heterocycles. The number of benzene rings is 1. The zero-order valence-corrected chi connectivity index (χ0v) is 15.7. The zero-order valence-electron chi connectivity index (χ0n) is 14.9. The van der Waals surface area contributed by atoms with Gasteiger partial charge in [0, 0.05) is 30.0 Å². The minimum Gasteiger partial charge on any atom is -0.369 e. The van der Waals surface area contributed by atoms with Crippen LogP contribution in [-0.4, -0.2) is 23.7 Å². The maximum absolute atomic E-state index is 5.49. The Hall–Kier alpha value is -1.29. The molecule has 3 nitrogen and oxygen atoms in total. The Balaban J connectivity index is 1.91. The van der Waals surface area contributed by atoms with Crippen molar-refractivity contribution in [2.75, 3.05) is 16.8 Å². The summed E-state index contributed by atoms with van der Waals surface area (Å²) in [6, 6.07) is 9.57. The molecule has 0 aliphatic heterocycles. The Kier molecular flexibility index (Phi) is 6.70. The van der Waals surface area contributed by atoms with Crippen molar-refractivity contribution in [1.82, 2.24) is 5.32 Å². The summed E-state index contributed by atoms with van der Waals surface area (Å²) in [5, 5.41) is 7.56. The molecule has 0 unspecified atom stereocenters. The molecule has 128 valence electrons. The van der Waals surface area contributed by atoms with Crippen LogP contribution in [0, 0.1) is 5.92 Å². The van der Waals surface area contributed by atoms with E-state index < -0.39 is 0 Å². The molecule has 23 heavy (non-hydrogen) atoms. The van der Waals surface area contributed by atoms with Crippen molar-refractivity contribution in [1.29, 1.82) is 0 Å². The lowest BCUT2D eigenvalue weighted by molar-refractivity contribution is 0.309. The maximum atomic E-state index is 5.49. The summed E-state index contributed by atoms with van der Waals surface area (Å²) in [6.07, 6.45) is 5.19. The largest absolute Gasteiger partial charge is 0.369 e. The van der Waals surface area contributed by atoms with E-state index >= 15 is 0 Å². The first kappa shape index (κ1) is 18.1. The highest BCUT2D eigenvalue weighted by molar-refractivity contribution is 7.80. The minimum atomic E-state index is 0.509. The van der Waals surface area contributed by atoms with Gasteiger partial charge in [-0.2, -0.15) is 0 Å². The van der Waals surface area contributed by atoms with Gasteiger partial charge in [-0.25, -0.2) is 0 Å². The van der Waals surface area contributed by atoms with Gasteiger partial charge in [-0.15, -0.1) is 0 Å². The summed E-state index contributed by atoms with van der Waals surface area (Å²) in [5.74, 6) is 0.704. The van der Waals surface area contributed by atoms with Gasteiger partial charge in [0.15, 0.2) is 5.11 Å². The van der Waals surface area contributed by atoms with Crippen LogP contribution in [0.4, 0.5) is 11.4 Å². The Morgan fingerprint density at radius 2 is 1.87 bits per heavy atom. The van der Waals surface area contributed by atoms with E-state index in [1.165, 1.54) is 31.4 Å². The topological polar surface area (TPSA) is 27.3 Å². The highest BCUT2D eigenvalue weighted by Gasteiger charge is 2.21. The third-order valence-corrected chi connectivity index (χ3v) is 5.07. The number of hydrogen-bond acceptors (Lipinski definition) is 2. The highest BCUT2D eigenvalue weighted by atomic mass is 32.1. The summed E-state index contributed by atoms with van der Waals surface area (Å²) >= 11 is 5.49. The van der Waals surface area contributed by atoms with Crippen LogP contribution >= 0.6 is 12.2 Å². The molecule has 1 fully saturated rings. The van der Waals surface area contributed by atoms with Crippen molar-refractivity contribution in [3.05, 3.63) is 24.3 Å². The van der Waals surface area contributed by atoms with Gasteiger partial charge >= 0.3 is 0 Å². The van der Waals surface area contributed by atoms with Crippen LogP contribution in [0.25, 0.3) is 0 Å². The van der Waals surface area contributed by atoms with Gasteiger partial charge in [0.2, 0.25) is 0 Å². The molecule has 1 aliphatic carbocycles. The van der Waals surface area contributed by atoms with E-state index in [9.17, 15) is 0 Å².